The molecule has 124 valence electrons. The van der Waals surface area contributed by atoms with E-state index in [0.717, 1.165) is 19.9 Å². The average molecular weight is 312 g/mol. The molecule has 1 atom stereocenters. The lowest BCUT2D eigenvalue weighted by Crippen LogP contribution is -2.42. The van der Waals surface area contributed by atoms with E-state index in [0.29, 0.717) is 17.7 Å². The van der Waals surface area contributed by atoms with Crippen molar-refractivity contribution in [3.05, 3.63) is 0 Å². The quantitative estimate of drug-likeness (QED) is 0.688. The first-order valence-electron chi connectivity index (χ1n) is 6.93. The molecule has 0 aliphatic rings. The Morgan fingerprint density at radius 1 is 1.24 bits per heavy atom. The van der Waals surface area contributed by atoms with Gasteiger partial charge >= 0.3 is 18.2 Å². The molecule has 2 amide bonds. The zero-order valence-electron chi connectivity index (χ0n) is 12.4. The number of carboxylic acids is 1. The van der Waals surface area contributed by atoms with E-state index in [4.69, 9.17) is 5.11 Å². The molecular weight excluding hydrogens is 289 g/mol. The number of amides is 2. The molecule has 2 N–H and O–H groups in total. The van der Waals surface area contributed by atoms with Crippen LogP contribution in [0.25, 0.3) is 0 Å². The third kappa shape index (κ3) is 10.9. The van der Waals surface area contributed by atoms with Gasteiger partial charge in [-0.25, -0.2) is 4.79 Å². The van der Waals surface area contributed by atoms with Crippen molar-refractivity contribution >= 4 is 12.0 Å². The SMILES string of the molecule is CCCC(CCNC(=O)N(C)CC(F)(F)F)CCC(=O)O. The molecule has 8 heteroatoms. The van der Waals surface area contributed by atoms with E-state index >= 15 is 0 Å². The minimum absolute atomic E-state index is 0.0621. The third-order valence-corrected chi connectivity index (χ3v) is 3.06. The van der Waals surface area contributed by atoms with Crippen LogP contribution in [-0.2, 0) is 4.79 Å². The van der Waals surface area contributed by atoms with E-state index in [2.05, 4.69) is 5.32 Å². The summed E-state index contributed by atoms with van der Waals surface area (Å²) in [7, 11) is 1.08. The Hall–Kier alpha value is -1.47. The first-order chi connectivity index (χ1) is 9.65. The monoisotopic (exact) mass is 312 g/mol. The second kappa shape index (κ2) is 9.46. The Bertz CT molecular complexity index is 335. The van der Waals surface area contributed by atoms with Crippen molar-refractivity contribution in [2.45, 2.75) is 45.2 Å². The molecule has 0 aromatic heterocycles. The molecule has 0 saturated carbocycles. The van der Waals surface area contributed by atoms with Gasteiger partial charge in [-0.2, -0.15) is 13.2 Å². The maximum Gasteiger partial charge on any atom is 0.406 e. The maximum atomic E-state index is 12.1. The van der Waals surface area contributed by atoms with Crippen LogP contribution >= 0.6 is 0 Å². The van der Waals surface area contributed by atoms with Gasteiger partial charge in [0.15, 0.2) is 0 Å². The first-order valence-corrected chi connectivity index (χ1v) is 6.93. The summed E-state index contributed by atoms with van der Waals surface area (Å²) in [5, 5.41) is 11.1. The van der Waals surface area contributed by atoms with E-state index in [1.165, 1.54) is 0 Å². The Morgan fingerprint density at radius 2 is 1.86 bits per heavy atom. The number of aliphatic carboxylic acids is 1. The summed E-state index contributed by atoms with van der Waals surface area (Å²) < 4.78 is 36.3. The fourth-order valence-electron chi connectivity index (χ4n) is 2.03. The lowest BCUT2D eigenvalue weighted by molar-refractivity contribution is -0.138. The normalized spacial score (nSPS) is 12.8. The predicted molar refractivity (Wildman–Crippen MR) is 72.0 cm³/mol. The Balaban J connectivity index is 4.06. The van der Waals surface area contributed by atoms with Crippen LogP contribution in [0.5, 0.6) is 0 Å². The molecule has 0 spiro atoms. The van der Waals surface area contributed by atoms with Crippen molar-refractivity contribution < 1.29 is 27.9 Å². The highest BCUT2D eigenvalue weighted by atomic mass is 19.4. The number of nitrogens with zero attached hydrogens (tertiary/aromatic N) is 1. The maximum absolute atomic E-state index is 12.1. The second-order valence-corrected chi connectivity index (χ2v) is 5.08. The fourth-order valence-corrected chi connectivity index (χ4v) is 2.03. The van der Waals surface area contributed by atoms with Crippen LogP contribution < -0.4 is 5.32 Å². The number of hydrogen-bond acceptors (Lipinski definition) is 2. The lowest BCUT2D eigenvalue weighted by atomic mass is 9.94. The van der Waals surface area contributed by atoms with E-state index in [9.17, 15) is 22.8 Å². The molecule has 0 rings (SSSR count). The number of carboxylic acid groups (broad SMARTS) is 1. The molecule has 0 aliphatic carbocycles. The highest BCUT2D eigenvalue weighted by Gasteiger charge is 2.31. The second-order valence-electron chi connectivity index (χ2n) is 5.08. The third-order valence-electron chi connectivity index (χ3n) is 3.06. The van der Waals surface area contributed by atoms with Crippen LogP contribution in [0.15, 0.2) is 0 Å². The topological polar surface area (TPSA) is 69.6 Å². The van der Waals surface area contributed by atoms with Gasteiger partial charge in [-0.1, -0.05) is 19.8 Å². The van der Waals surface area contributed by atoms with Gasteiger partial charge in [0.25, 0.3) is 0 Å². The van der Waals surface area contributed by atoms with E-state index in [1.54, 1.807) is 0 Å². The van der Waals surface area contributed by atoms with Crippen LogP contribution in [-0.4, -0.2) is 48.3 Å². The number of carbonyl (C=O) groups excluding carboxylic acids is 1. The number of hydrogen-bond donors (Lipinski definition) is 2. The van der Waals surface area contributed by atoms with Crippen LogP contribution in [0.3, 0.4) is 0 Å². The molecule has 0 radical (unpaired) electrons. The van der Waals surface area contributed by atoms with Crippen molar-refractivity contribution in [3.8, 4) is 0 Å². The van der Waals surface area contributed by atoms with E-state index in [1.807, 2.05) is 6.92 Å². The largest absolute Gasteiger partial charge is 0.481 e. The lowest BCUT2D eigenvalue weighted by Gasteiger charge is -2.21. The predicted octanol–water partition coefficient (Wildman–Crippen LogP) is 2.86. The summed E-state index contributed by atoms with van der Waals surface area (Å²) in [6.45, 7) is 0.922. The molecule has 0 aromatic rings. The average Bonchev–Trinajstić information content (AvgIpc) is 2.33. The van der Waals surface area contributed by atoms with Crippen molar-refractivity contribution in [1.82, 2.24) is 10.2 Å². The zero-order chi connectivity index (χ0) is 16.5. The Kier molecular flexibility index (Phi) is 8.80. The van der Waals surface area contributed by atoms with Crippen LogP contribution in [0.1, 0.15) is 39.0 Å². The molecule has 5 nitrogen and oxygen atoms in total. The van der Waals surface area contributed by atoms with Crippen molar-refractivity contribution in [3.63, 3.8) is 0 Å². The van der Waals surface area contributed by atoms with Crippen LogP contribution in [0.4, 0.5) is 18.0 Å². The Labute approximate surface area is 122 Å². The number of halogens is 3. The molecule has 0 fully saturated rings. The molecule has 0 aromatic carbocycles. The minimum atomic E-state index is -4.42. The molecule has 0 heterocycles. The fraction of sp³-hybridized carbons (Fsp3) is 0.846. The molecule has 1 unspecified atom stereocenters. The van der Waals surface area contributed by atoms with Gasteiger partial charge in [0.2, 0.25) is 0 Å². The number of nitrogens with one attached hydrogen (secondary N) is 1. The molecule has 0 saturated heterocycles. The molecule has 0 bridgehead atoms. The van der Waals surface area contributed by atoms with Gasteiger partial charge in [0.05, 0.1) is 0 Å². The van der Waals surface area contributed by atoms with Crippen LogP contribution in [0.2, 0.25) is 0 Å². The van der Waals surface area contributed by atoms with Crippen molar-refractivity contribution in [2.24, 2.45) is 5.92 Å². The highest BCUT2D eigenvalue weighted by Crippen LogP contribution is 2.18. The standard InChI is InChI=1S/C13H23F3N2O3/c1-3-4-10(5-6-11(19)20)7-8-17-12(21)18(2)9-13(14,15)16/h10H,3-9H2,1-2H3,(H,17,21)(H,19,20). The summed E-state index contributed by atoms with van der Waals surface area (Å²) in [5.41, 5.74) is 0. The molecular formula is C13H23F3N2O3. The van der Waals surface area contributed by atoms with Gasteiger partial charge in [-0.05, 0) is 18.8 Å². The first kappa shape index (κ1) is 19.5. The van der Waals surface area contributed by atoms with E-state index in [-0.39, 0.29) is 18.9 Å². The summed E-state index contributed by atoms with van der Waals surface area (Å²) in [5.74, 6) is -0.718. The molecule has 0 aliphatic heterocycles. The van der Waals surface area contributed by atoms with Crippen LogP contribution in [0, 0.1) is 5.92 Å². The summed E-state index contributed by atoms with van der Waals surface area (Å²) in [6.07, 6.45) is -1.55. The van der Waals surface area contributed by atoms with Gasteiger partial charge in [-0.15, -0.1) is 0 Å². The van der Waals surface area contributed by atoms with Gasteiger partial charge in [0.1, 0.15) is 6.54 Å². The summed E-state index contributed by atoms with van der Waals surface area (Å²) in [4.78, 5) is 22.6. The Morgan fingerprint density at radius 3 is 2.33 bits per heavy atom. The summed E-state index contributed by atoms with van der Waals surface area (Å²) >= 11 is 0. The van der Waals surface area contributed by atoms with Gasteiger partial charge in [0, 0.05) is 20.0 Å². The highest BCUT2D eigenvalue weighted by molar-refractivity contribution is 5.73. The van der Waals surface area contributed by atoms with Crippen molar-refractivity contribution in [1.29, 1.82) is 0 Å². The van der Waals surface area contributed by atoms with E-state index < -0.39 is 24.7 Å². The van der Waals surface area contributed by atoms with Crippen molar-refractivity contribution in [2.75, 3.05) is 20.1 Å². The number of urea groups is 1. The molecule has 21 heavy (non-hydrogen) atoms. The number of rotatable bonds is 9. The number of carbonyl (C=O) groups is 2. The zero-order valence-corrected chi connectivity index (χ0v) is 12.4. The van der Waals surface area contributed by atoms with Gasteiger partial charge < -0.3 is 15.3 Å². The summed E-state index contributed by atoms with van der Waals surface area (Å²) in [6, 6.07) is -0.777. The minimum Gasteiger partial charge on any atom is -0.481 e. The van der Waals surface area contributed by atoms with Gasteiger partial charge in [-0.3, -0.25) is 4.79 Å². The number of alkyl halides is 3. The smallest absolute Gasteiger partial charge is 0.406 e.